The van der Waals surface area contributed by atoms with Crippen LogP contribution in [0.15, 0.2) is 85.7 Å². The van der Waals surface area contributed by atoms with Crippen molar-refractivity contribution < 1.29 is 4.79 Å². The molecule has 0 radical (unpaired) electrons. The smallest absolute Gasteiger partial charge is 0.227 e. The Bertz CT molecular complexity index is 1180. The van der Waals surface area contributed by atoms with Crippen LogP contribution in [-0.4, -0.2) is 27.4 Å². The highest BCUT2D eigenvalue weighted by molar-refractivity contribution is 6.02. The van der Waals surface area contributed by atoms with Crippen molar-refractivity contribution in [3.63, 3.8) is 0 Å². The standard InChI is InChI=1S/C25H20N4O/c30-25-8-4-12-29(25)24-14-22(19-6-2-10-27-16-19)21(18-5-1-9-26-15-18)13-23(24)20-7-3-11-28-17-20/h1-3,5-7,9-11,13-17H,4,8,12H2. The van der Waals surface area contributed by atoms with Gasteiger partial charge in [-0.25, -0.2) is 0 Å². The van der Waals surface area contributed by atoms with Crippen LogP contribution in [0.2, 0.25) is 0 Å². The number of pyridine rings is 3. The Morgan fingerprint density at radius 1 is 0.700 bits per heavy atom. The van der Waals surface area contributed by atoms with E-state index in [0.717, 1.165) is 52.0 Å². The Kier molecular flexibility index (Phi) is 4.77. The van der Waals surface area contributed by atoms with Crippen molar-refractivity contribution in [2.75, 3.05) is 11.4 Å². The fourth-order valence-electron chi connectivity index (χ4n) is 3.99. The summed E-state index contributed by atoms with van der Waals surface area (Å²) in [6.45, 7) is 0.727. The number of hydrogen-bond donors (Lipinski definition) is 0. The molecule has 1 aromatic carbocycles. The molecule has 1 aliphatic heterocycles. The number of anilines is 1. The molecule has 3 aromatic heterocycles. The second-order valence-corrected chi connectivity index (χ2v) is 7.29. The van der Waals surface area contributed by atoms with Gasteiger partial charge in [-0.3, -0.25) is 19.7 Å². The zero-order valence-corrected chi connectivity index (χ0v) is 16.4. The van der Waals surface area contributed by atoms with Crippen LogP contribution in [0.1, 0.15) is 12.8 Å². The topological polar surface area (TPSA) is 59.0 Å². The SMILES string of the molecule is O=C1CCCN1c1cc(-c2cccnc2)c(-c2cccnc2)cc1-c1cccnc1. The molecule has 146 valence electrons. The van der Waals surface area contributed by atoms with Gasteiger partial charge < -0.3 is 4.90 Å². The minimum absolute atomic E-state index is 0.159. The van der Waals surface area contributed by atoms with Crippen LogP contribution in [0.25, 0.3) is 33.4 Å². The zero-order chi connectivity index (χ0) is 20.3. The van der Waals surface area contributed by atoms with Gasteiger partial charge in [0.25, 0.3) is 0 Å². The van der Waals surface area contributed by atoms with E-state index in [-0.39, 0.29) is 5.91 Å². The number of carbonyl (C=O) groups excluding carboxylic acids is 1. The predicted octanol–water partition coefficient (Wildman–Crippen LogP) is 5.00. The van der Waals surface area contributed by atoms with E-state index in [0.29, 0.717) is 6.42 Å². The largest absolute Gasteiger partial charge is 0.312 e. The summed E-state index contributed by atoms with van der Waals surface area (Å²) in [4.78, 5) is 27.5. The number of carbonyl (C=O) groups is 1. The highest BCUT2D eigenvalue weighted by atomic mass is 16.2. The first kappa shape index (κ1) is 18.2. The summed E-state index contributed by atoms with van der Waals surface area (Å²) < 4.78 is 0. The van der Waals surface area contributed by atoms with Gasteiger partial charge in [-0.05, 0) is 47.9 Å². The summed E-state index contributed by atoms with van der Waals surface area (Å²) in [7, 11) is 0. The normalized spacial score (nSPS) is 13.6. The first-order valence-corrected chi connectivity index (χ1v) is 10.0. The molecule has 5 rings (SSSR count). The molecule has 4 aromatic rings. The van der Waals surface area contributed by atoms with Crippen LogP contribution >= 0.6 is 0 Å². The summed E-state index contributed by atoms with van der Waals surface area (Å²) in [5.74, 6) is 0.159. The second-order valence-electron chi connectivity index (χ2n) is 7.29. The third-order valence-corrected chi connectivity index (χ3v) is 5.42. The average Bonchev–Trinajstić information content (AvgIpc) is 3.25. The monoisotopic (exact) mass is 392 g/mol. The Morgan fingerprint density at radius 3 is 1.70 bits per heavy atom. The van der Waals surface area contributed by atoms with Crippen molar-refractivity contribution in [3.05, 3.63) is 85.7 Å². The van der Waals surface area contributed by atoms with Crippen LogP contribution in [0.3, 0.4) is 0 Å². The van der Waals surface area contributed by atoms with Crippen molar-refractivity contribution in [1.29, 1.82) is 0 Å². The molecule has 0 atom stereocenters. The van der Waals surface area contributed by atoms with Crippen LogP contribution < -0.4 is 4.90 Å². The summed E-state index contributed by atoms with van der Waals surface area (Å²) >= 11 is 0. The molecule has 4 heterocycles. The van der Waals surface area contributed by atoms with E-state index >= 15 is 0 Å². The number of aromatic nitrogens is 3. The lowest BCUT2D eigenvalue weighted by molar-refractivity contribution is -0.117. The van der Waals surface area contributed by atoms with E-state index < -0.39 is 0 Å². The molecular weight excluding hydrogens is 372 g/mol. The van der Waals surface area contributed by atoms with Gasteiger partial charge in [0, 0.05) is 72.4 Å². The van der Waals surface area contributed by atoms with Crippen molar-refractivity contribution in [2.45, 2.75) is 12.8 Å². The predicted molar refractivity (Wildman–Crippen MR) is 118 cm³/mol. The van der Waals surface area contributed by atoms with Gasteiger partial charge in [0.15, 0.2) is 0 Å². The number of rotatable bonds is 4. The molecule has 5 nitrogen and oxygen atoms in total. The first-order chi connectivity index (χ1) is 14.8. The molecule has 0 spiro atoms. The minimum Gasteiger partial charge on any atom is -0.312 e. The van der Waals surface area contributed by atoms with E-state index in [2.05, 4.69) is 33.2 Å². The maximum atomic E-state index is 12.6. The molecule has 30 heavy (non-hydrogen) atoms. The van der Waals surface area contributed by atoms with Crippen molar-refractivity contribution in [2.24, 2.45) is 0 Å². The number of hydrogen-bond acceptors (Lipinski definition) is 4. The molecule has 1 aliphatic rings. The van der Waals surface area contributed by atoms with Gasteiger partial charge in [-0.2, -0.15) is 0 Å². The molecule has 1 saturated heterocycles. The molecule has 0 unspecified atom stereocenters. The maximum Gasteiger partial charge on any atom is 0.227 e. The minimum atomic E-state index is 0.159. The van der Waals surface area contributed by atoms with Crippen LogP contribution in [0.5, 0.6) is 0 Å². The number of benzene rings is 1. The third-order valence-electron chi connectivity index (χ3n) is 5.42. The van der Waals surface area contributed by atoms with Gasteiger partial charge in [0.2, 0.25) is 5.91 Å². The lowest BCUT2D eigenvalue weighted by Crippen LogP contribution is -2.24. The van der Waals surface area contributed by atoms with E-state index in [1.807, 2.05) is 53.8 Å². The maximum absolute atomic E-state index is 12.6. The quantitative estimate of drug-likeness (QED) is 0.490. The number of nitrogens with zero attached hydrogens (tertiary/aromatic N) is 4. The van der Waals surface area contributed by atoms with Crippen molar-refractivity contribution in [1.82, 2.24) is 15.0 Å². The van der Waals surface area contributed by atoms with Gasteiger partial charge in [0.1, 0.15) is 0 Å². The van der Waals surface area contributed by atoms with Crippen LogP contribution in [-0.2, 0) is 4.79 Å². The fraction of sp³-hybridized carbons (Fsp3) is 0.120. The average molecular weight is 392 g/mol. The van der Waals surface area contributed by atoms with Crippen molar-refractivity contribution >= 4 is 11.6 Å². The van der Waals surface area contributed by atoms with Gasteiger partial charge in [0.05, 0.1) is 5.69 Å². The molecule has 5 heteroatoms. The van der Waals surface area contributed by atoms with Gasteiger partial charge in [-0.1, -0.05) is 18.2 Å². The first-order valence-electron chi connectivity index (χ1n) is 10.0. The molecule has 0 N–H and O–H groups in total. The molecule has 0 bridgehead atoms. The van der Waals surface area contributed by atoms with Crippen LogP contribution in [0.4, 0.5) is 5.69 Å². The van der Waals surface area contributed by atoms with E-state index in [1.165, 1.54) is 0 Å². The summed E-state index contributed by atoms with van der Waals surface area (Å²) in [5.41, 5.74) is 6.98. The second kappa shape index (κ2) is 7.87. The van der Waals surface area contributed by atoms with Crippen molar-refractivity contribution in [3.8, 4) is 33.4 Å². The summed E-state index contributed by atoms with van der Waals surface area (Å²) in [6.07, 6.45) is 12.3. The Balaban J connectivity index is 1.81. The van der Waals surface area contributed by atoms with E-state index in [9.17, 15) is 4.79 Å². The highest BCUT2D eigenvalue weighted by Gasteiger charge is 2.26. The van der Waals surface area contributed by atoms with Gasteiger partial charge >= 0.3 is 0 Å². The molecule has 0 saturated carbocycles. The zero-order valence-electron chi connectivity index (χ0n) is 16.4. The number of amides is 1. The molecule has 0 aliphatic carbocycles. The Labute approximate surface area is 175 Å². The summed E-state index contributed by atoms with van der Waals surface area (Å²) in [6, 6.07) is 16.2. The fourth-order valence-corrected chi connectivity index (χ4v) is 3.99. The van der Waals surface area contributed by atoms with Gasteiger partial charge in [-0.15, -0.1) is 0 Å². The lowest BCUT2D eigenvalue weighted by Gasteiger charge is -2.23. The third kappa shape index (κ3) is 3.35. The Morgan fingerprint density at radius 2 is 1.23 bits per heavy atom. The van der Waals surface area contributed by atoms with E-state index in [4.69, 9.17) is 0 Å². The van der Waals surface area contributed by atoms with Crippen LogP contribution in [0, 0.1) is 0 Å². The van der Waals surface area contributed by atoms with E-state index in [1.54, 1.807) is 18.6 Å². The molecule has 1 amide bonds. The Hall–Kier alpha value is -3.86. The molecular formula is C25H20N4O. The lowest BCUT2D eigenvalue weighted by atomic mass is 9.91. The summed E-state index contributed by atoms with van der Waals surface area (Å²) in [5, 5.41) is 0. The highest BCUT2D eigenvalue weighted by Crippen LogP contribution is 2.42. The molecule has 1 fully saturated rings.